The molecule has 0 unspecified atom stereocenters. The van der Waals surface area contributed by atoms with Gasteiger partial charge in [-0.05, 0) is 43.5 Å². The third kappa shape index (κ3) is 3.52. The van der Waals surface area contributed by atoms with Crippen LogP contribution in [0.3, 0.4) is 0 Å². The van der Waals surface area contributed by atoms with Gasteiger partial charge in [-0.1, -0.05) is 6.92 Å². The highest BCUT2D eigenvalue weighted by molar-refractivity contribution is 5.95. The maximum atomic E-state index is 12.5. The van der Waals surface area contributed by atoms with Gasteiger partial charge in [-0.3, -0.25) is 4.79 Å². The zero-order valence-corrected chi connectivity index (χ0v) is 13.7. The Balaban J connectivity index is 1.72. The lowest BCUT2D eigenvalue weighted by molar-refractivity contribution is 0.0920. The van der Waals surface area contributed by atoms with Gasteiger partial charge in [0.15, 0.2) is 11.5 Å². The van der Waals surface area contributed by atoms with Gasteiger partial charge in [-0.25, -0.2) is 0 Å². The average molecular weight is 320 g/mol. The van der Waals surface area contributed by atoms with Crippen LogP contribution in [-0.2, 0) is 0 Å². The molecule has 23 heavy (non-hydrogen) atoms. The molecule has 0 saturated carbocycles. The topological polar surface area (TPSA) is 68.8 Å². The van der Waals surface area contributed by atoms with E-state index in [1.807, 2.05) is 0 Å². The van der Waals surface area contributed by atoms with Crippen molar-refractivity contribution >= 4 is 5.91 Å². The lowest BCUT2D eigenvalue weighted by Gasteiger charge is -2.34. The van der Waals surface area contributed by atoms with Crippen LogP contribution in [-0.4, -0.2) is 45.9 Å². The van der Waals surface area contributed by atoms with Crippen LogP contribution >= 0.6 is 0 Å². The minimum atomic E-state index is -0.111. The Hall–Kier alpha value is -1.95. The molecule has 2 N–H and O–H groups in total. The smallest absolute Gasteiger partial charge is 0.251 e. The summed E-state index contributed by atoms with van der Waals surface area (Å²) in [5.41, 5.74) is 0.683. The van der Waals surface area contributed by atoms with E-state index in [0.717, 1.165) is 25.9 Å². The first kappa shape index (κ1) is 15.9. The third-order valence-corrected chi connectivity index (χ3v) is 4.58. The lowest BCUT2D eigenvalue weighted by atomic mass is 9.81. The quantitative estimate of drug-likeness (QED) is 0.882. The van der Waals surface area contributed by atoms with Gasteiger partial charge < -0.3 is 24.8 Å². The summed E-state index contributed by atoms with van der Waals surface area (Å²) in [5, 5.41) is 6.40. The molecule has 126 valence electrons. The Labute approximate surface area is 136 Å². The van der Waals surface area contributed by atoms with Crippen molar-refractivity contribution in [2.45, 2.75) is 19.8 Å². The largest absolute Gasteiger partial charge is 0.493 e. The summed E-state index contributed by atoms with van der Waals surface area (Å²) in [6, 6.07) is 3.42. The van der Waals surface area contributed by atoms with Gasteiger partial charge in [0.2, 0.25) is 5.75 Å². The van der Waals surface area contributed by atoms with Crippen molar-refractivity contribution in [1.29, 1.82) is 0 Å². The average Bonchev–Trinajstić information content (AvgIpc) is 2.59. The maximum absolute atomic E-state index is 12.5. The van der Waals surface area contributed by atoms with E-state index in [0.29, 0.717) is 42.6 Å². The zero-order valence-electron chi connectivity index (χ0n) is 13.7. The summed E-state index contributed by atoms with van der Waals surface area (Å²) >= 11 is 0. The summed E-state index contributed by atoms with van der Waals surface area (Å²) in [5.74, 6) is 1.55. The van der Waals surface area contributed by atoms with E-state index in [-0.39, 0.29) is 11.3 Å². The summed E-state index contributed by atoms with van der Waals surface area (Å²) in [6.07, 6.45) is 2.13. The number of carbonyl (C=O) groups excluding carboxylic acids is 1. The first-order valence-electron chi connectivity index (χ1n) is 8.08. The molecular formula is C17H24N2O4. The van der Waals surface area contributed by atoms with Crippen LogP contribution in [0.15, 0.2) is 12.1 Å². The van der Waals surface area contributed by atoms with Crippen LogP contribution in [0.5, 0.6) is 17.2 Å². The van der Waals surface area contributed by atoms with Gasteiger partial charge in [0.25, 0.3) is 5.91 Å². The van der Waals surface area contributed by atoms with Gasteiger partial charge in [0.05, 0.1) is 7.11 Å². The lowest BCUT2D eigenvalue weighted by Crippen LogP contribution is -2.42. The minimum Gasteiger partial charge on any atom is -0.493 e. The second-order valence-corrected chi connectivity index (χ2v) is 6.45. The Bertz CT molecular complexity index is 565. The van der Waals surface area contributed by atoms with E-state index in [1.165, 1.54) is 0 Å². The van der Waals surface area contributed by atoms with Crippen LogP contribution in [0, 0.1) is 5.41 Å². The van der Waals surface area contributed by atoms with Crippen molar-refractivity contribution in [3.8, 4) is 17.2 Å². The number of amides is 1. The molecule has 0 spiro atoms. The van der Waals surface area contributed by atoms with Crippen molar-refractivity contribution in [3.05, 3.63) is 17.7 Å². The molecule has 1 fully saturated rings. The van der Waals surface area contributed by atoms with Gasteiger partial charge in [-0.15, -0.1) is 0 Å². The first-order chi connectivity index (χ1) is 11.1. The van der Waals surface area contributed by atoms with Gasteiger partial charge in [0, 0.05) is 12.1 Å². The van der Waals surface area contributed by atoms with Gasteiger partial charge >= 0.3 is 0 Å². The van der Waals surface area contributed by atoms with E-state index in [4.69, 9.17) is 14.2 Å². The number of rotatable bonds is 4. The highest BCUT2D eigenvalue weighted by atomic mass is 16.6. The van der Waals surface area contributed by atoms with E-state index in [9.17, 15) is 4.79 Å². The van der Waals surface area contributed by atoms with Gasteiger partial charge in [0.1, 0.15) is 13.2 Å². The molecule has 6 nitrogen and oxygen atoms in total. The molecule has 2 heterocycles. The SMILES string of the molecule is COc1cc(C(=O)NCC2(C)CCNCC2)cc2c1OCCO2. The minimum absolute atomic E-state index is 0.111. The molecule has 6 heteroatoms. The van der Waals surface area contributed by atoms with Crippen LogP contribution in [0.1, 0.15) is 30.1 Å². The monoisotopic (exact) mass is 320 g/mol. The highest BCUT2D eigenvalue weighted by Gasteiger charge is 2.28. The van der Waals surface area contributed by atoms with Crippen molar-refractivity contribution in [2.24, 2.45) is 5.41 Å². The Morgan fingerprint density at radius 2 is 2.04 bits per heavy atom. The van der Waals surface area contributed by atoms with Crippen molar-refractivity contribution in [3.63, 3.8) is 0 Å². The third-order valence-electron chi connectivity index (χ3n) is 4.58. The molecule has 1 aromatic rings. The van der Waals surface area contributed by atoms with Crippen LogP contribution in [0.4, 0.5) is 0 Å². The molecule has 1 amide bonds. The molecule has 0 aliphatic carbocycles. The number of methoxy groups -OCH3 is 1. The molecule has 2 aliphatic heterocycles. The second-order valence-electron chi connectivity index (χ2n) is 6.45. The fourth-order valence-electron chi connectivity index (χ4n) is 3.01. The van der Waals surface area contributed by atoms with E-state index >= 15 is 0 Å². The Kier molecular flexibility index (Phi) is 4.61. The Morgan fingerprint density at radius 3 is 2.78 bits per heavy atom. The number of fused-ring (bicyclic) bond motifs is 1. The van der Waals surface area contributed by atoms with Crippen molar-refractivity contribution in [2.75, 3.05) is 40.0 Å². The first-order valence-corrected chi connectivity index (χ1v) is 8.08. The number of carbonyl (C=O) groups is 1. The molecule has 1 aromatic carbocycles. The van der Waals surface area contributed by atoms with E-state index in [1.54, 1.807) is 19.2 Å². The van der Waals surface area contributed by atoms with Crippen LogP contribution in [0.25, 0.3) is 0 Å². The number of hydrogen-bond donors (Lipinski definition) is 2. The van der Waals surface area contributed by atoms with Gasteiger partial charge in [-0.2, -0.15) is 0 Å². The summed E-state index contributed by atoms with van der Waals surface area (Å²) in [6.45, 7) is 5.87. The molecule has 1 saturated heterocycles. The fourth-order valence-corrected chi connectivity index (χ4v) is 3.01. The molecule has 0 atom stereocenters. The standard InChI is InChI=1S/C17H24N2O4/c1-17(3-5-18-6-4-17)11-19-16(20)12-9-13(21-2)15-14(10-12)22-7-8-23-15/h9-10,18H,3-8,11H2,1-2H3,(H,19,20). The fraction of sp³-hybridized carbons (Fsp3) is 0.588. The molecule has 0 bridgehead atoms. The van der Waals surface area contributed by atoms with Crippen molar-refractivity contribution < 1.29 is 19.0 Å². The van der Waals surface area contributed by atoms with Crippen LogP contribution < -0.4 is 24.8 Å². The highest BCUT2D eigenvalue weighted by Crippen LogP contribution is 2.40. The molecule has 0 aromatic heterocycles. The second kappa shape index (κ2) is 6.66. The predicted molar refractivity (Wildman–Crippen MR) is 86.5 cm³/mol. The number of hydrogen-bond acceptors (Lipinski definition) is 5. The number of piperidine rings is 1. The molecule has 0 radical (unpaired) electrons. The normalized spacial score (nSPS) is 19.0. The summed E-state index contributed by atoms with van der Waals surface area (Å²) in [7, 11) is 1.56. The number of benzene rings is 1. The maximum Gasteiger partial charge on any atom is 0.251 e. The number of nitrogens with one attached hydrogen (secondary N) is 2. The zero-order chi connectivity index (χ0) is 16.3. The molecule has 3 rings (SSSR count). The van der Waals surface area contributed by atoms with Crippen molar-refractivity contribution in [1.82, 2.24) is 10.6 Å². The summed E-state index contributed by atoms with van der Waals surface area (Å²) < 4.78 is 16.5. The Morgan fingerprint density at radius 1 is 1.30 bits per heavy atom. The van der Waals surface area contributed by atoms with Crippen LogP contribution in [0.2, 0.25) is 0 Å². The van der Waals surface area contributed by atoms with E-state index < -0.39 is 0 Å². The molecular weight excluding hydrogens is 296 g/mol. The van der Waals surface area contributed by atoms with E-state index in [2.05, 4.69) is 17.6 Å². The summed E-state index contributed by atoms with van der Waals surface area (Å²) in [4.78, 5) is 12.5. The predicted octanol–water partition coefficient (Wildman–Crippen LogP) is 1.59. The molecule has 2 aliphatic rings. The number of ether oxygens (including phenoxy) is 3.